The Morgan fingerprint density at radius 1 is 0.921 bits per heavy atom. The summed E-state index contributed by atoms with van der Waals surface area (Å²) in [5, 5.41) is 17.1. The molecule has 0 fully saturated rings. The van der Waals surface area contributed by atoms with Crippen LogP contribution in [0.2, 0.25) is 0 Å². The molecule has 0 aliphatic rings. The van der Waals surface area contributed by atoms with Crippen LogP contribution >= 0.6 is 0 Å². The molecule has 1 heterocycles. The molecule has 196 valence electrons. The topological polar surface area (TPSA) is 79.5 Å². The molecule has 13 heteroatoms. The number of alkyl halides is 6. The third-order valence-electron chi connectivity index (χ3n) is 5.24. The third-order valence-corrected chi connectivity index (χ3v) is 5.24. The molecule has 1 aromatic heterocycles. The van der Waals surface area contributed by atoms with Crippen LogP contribution in [0.25, 0.3) is 16.9 Å². The van der Waals surface area contributed by atoms with Crippen LogP contribution in [0.3, 0.4) is 0 Å². The number of nitrogens with zero attached hydrogens (tertiary/aromatic N) is 3. The largest absolute Gasteiger partial charge is 0.478 e. The lowest BCUT2D eigenvalue weighted by molar-refractivity contribution is -0.143. The number of hydrogen-bond donors (Lipinski definition) is 2. The average Bonchev–Trinajstić information content (AvgIpc) is 3.28. The maximum absolute atomic E-state index is 13.9. The normalized spacial score (nSPS) is 12.2. The molecule has 0 unspecified atom stereocenters. The maximum atomic E-state index is 13.9. The lowest BCUT2D eigenvalue weighted by Crippen LogP contribution is -2.11. The molecule has 0 saturated carbocycles. The molecule has 0 bridgehead atoms. The summed E-state index contributed by atoms with van der Waals surface area (Å²) in [6.07, 6.45) is -7.83. The Morgan fingerprint density at radius 2 is 1.53 bits per heavy atom. The number of carboxylic acids is 1. The number of rotatable bonds is 6. The van der Waals surface area contributed by atoms with Crippen LogP contribution < -0.4 is 5.43 Å². The van der Waals surface area contributed by atoms with Crippen molar-refractivity contribution in [2.45, 2.75) is 12.4 Å². The molecule has 0 aliphatic carbocycles. The molecule has 0 saturated heterocycles. The second-order valence-electron chi connectivity index (χ2n) is 7.87. The van der Waals surface area contributed by atoms with Crippen LogP contribution in [-0.4, -0.2) is 27.1 Å². The zero-order chi connectivity index (χ0) is 27.7. The van der Waals surface area contributed by atoms with Gasteiger partial charge in [-0.2, -0.15) is 36.5 Å². The highest BCUT2D eigenvalue weighted by atomic mass is 19.4. The minimum absolute atomic E-state index is 0.00137. The number of halogens is 7. The van der Waals surface area contributed by atoms with Crippen molar-refractivity contribution >= 4 is 17.9 Å². The second kappa shape index (κ2) is 10.00. The fourth-order valence-electron chi connectivity index (χ4n) is 3.41. The van der Waals surface area contributed by atoms with Gasteiger partial charge < -0.3 is 5.11 Å². The van der Waals surface area contributed by atoms with Crippen molar-refractivity contribution < 1.29 is 40.6 Å². The van der Waals surface area contributed by atoms with Gasteiger partial charge in [0, 0.05) is 17.3 Å². The van der Waals surface area contributed by atoms with Crippen molar-refractivity contribution in [3.8, 4) is 16.9 Å². The Morgan fingerprint density at radius 3 is 2.08 bits per heavy atom. The van der Waals surface area contributed by atoms with E-state index in [9.17, 15) is 35.5 Å². The standard InChI is InChI=1S/C25H15F7N4O2/c26-20-3-1-2-4-21(20)34-33-12-16-13-36(19-7-5-14(6-8-19)23(37)38)35-22(16)15-9-17(24(27,28)29)11-18(10-15)25(30,31)32/h1-13,34H,(H,37,38)/b33-12+. The van der Waals surface area contributed by atoms with E-state index < -0.39 is 40.8 Å². The highest BCUT2D eigenvalue weighted by Gasteiger charge is 2.37. The second-order valence-corrected chi connectivity index (χ2v) is 7.87. The van der Waals surface area contributed by atoms with Gasteiger partial charge in [-0.05, 0) is 54.6 Å². The Balaban J connectivity index is 1.84. The van der Waals surface area contributed by atoms with Crippen molar-refractivity contribution in [2.75, 3.05) is 5.43 Å². The molecular formula is C25H15F7N4O2. The van der Waals surface area contributed by atoms with Gasteiger partial charge in [0.25, 0.3) is 0 Å². The van der Waals surface area contributed by atoms with Crippen molar-refractivity contribution in [1.29, 1.82) is 0 Å². The van der Waals surface area contributed by atoms with Gasteiger partial charge in [0.15, 0.2) is 0 Å². The summed E-state index contributed by atoms with van der Waals surface area (Å²) in [4.78, 5) is 11.1. The Labute approximate surface area is 209 Å². The summed E-state index contributed by atoms with van der Waals surface area (Å²) < 4.78 is 95.7. The number of carboxylic acid groups (broad SMARTS) is 1. The SMILES string of the molecule is O=C(O)c1ccc(-n2cc(/C=N/Nc3ccccc3F)c(-c3cc(C(F)(F)F)cc(C(F)(F)F)c3)n2)cc1. The first-order valence-corrected chi connectivity index (χ1v) is 10.6. The van der Waals surface area contributed by atoms with Crippen LogP contribution in [0.1, 0.15) is 27.0 Å². The van der Waals surface area contributed by atoms with Crippen LogP contribution in [0.15, 0.2) is 78.0 Å². The van der Waals surface area contributed by atoms with Crippen molar-refractivity contribution in [2.24, 2.45) is 5.10 Å². The van der Waals surface area contributed by atoms with Crippen LogP contribution in [0, 0.1) is 5.82 Å². The number of aromatic carboxylic acids is 1. The Hall–Kier alpha value is -4.68. The van der Waals surface area contributed by atoms with E-state index in [1.807, 2.05) is 0 Å². The van der Waals surface area contributed by atoms with E-state index in [-0.39, 0.29) is 34.3 Å². The number of aromatic nitrogens is 2. The van der Waals surface area contributed by atoms with Gasteiger partial charge in [-0.25, -0.2) is 13.9 Å². The first kappa shape index (κ1) is 26.4. The molecule has 2 N–H and O–H groups in total. The van der Waals surface area contributed by atoms with Crippen molar-refractivity contribution in [1.82, 2.24) is 9.78 Å². The Bertz CT molecular complexity index is 1480. The number of hydrogen-bond acceptors (Lipinski definition) is 4. The van der Waals surface area contributed by atoms with Gasteiger partial charge >= 0.3 is 18.3 Å². The van der Waals surface area contributed by atoms with E-state index in [2.05, 4.69) is 15.6 Å². The monoisotopic (exact) mass is 536 g/mol. The number of carbonyl (C=O) groups is 1. The Kier molecular flexibility index (Phi) is 6.94. The van der Waals surface area contributed by atoms with Gasteiger partial charge in [-0.1, -0.05) is 12.1 Å². The number of para-hydroxylation sites is 1. The highest BCUT2D eigenvalue weighted by Crippen LogP contribution is 2.39. The van der Waals surface area contributed by atoms with Crippen molar-refractivity contribution in [3.63, 3.8) is 0 Å². The fourth-order valence-corrected chi connectivity index (χ4v) is 3.41. The highest BCUT2D eigenvalue weighted by molar-refractivity contribution is 5.90. The summed E-state index contributed by atoms with van der Waals surface area (Å²) in [6.45, 7) is 0. The molecule has 0 radical (unpaired) electrons. The van der Waals surface area contributed by atoms with Gasteiger partial charge in [0.05, 0.1) is 34.3 Å². The minimum Gasteiger partial charge on any atom is -0.478 e. The van der Waals surface area contributed by atoms with E-state index in [0.717, 1.165) is 17.0 Å². The van der Waals surface area contributed by atoms with E-state index in [1.165, 1.54) is 48.7 Å². The fraction of sp³-hybridized carbons (Fsp3) is 0.0800. The number of nitrogens with one attached hydrogen (secondary N) is 1. The summed E-state index contributed by atoms with van der Waals surface area (Å²) in [5.41, 5.74) is -1.27. The smallest absolute Gasteiger partial charge is 0.416 e. The summed E-state index contributed by atoms with van der Waals surface area (Å²) in [7, 11) is 0. The molecule has 4 rings (SSSR count). The molecule has 0 spiro atoms. The van der Waals surface area contributed by atoms with Gasteiger partial charge in [-0.3, -0.25) is 5.43 Å². The molecule has 38 heavy (non-hydrogen) atoms. The van der Waals surface area contributed by atoms with E-state index in [1.54, 1.807) is 0 Å². The van der Waals surface area contributed by atoms with Gasteiger partial charge in [0.1, 0.15) is 11.5 Å². The first-order valence-electron chi connectivity index (χ1n) is 10.6. The molecule has 0 amide bonds. The summed E-state index contributed by atoms with van der Waals surface area (Å²) in [5.74, 6) is -1.85. The van der Waals surface area contributed by atoms with Crippen LogP contribution in [-0.2, 0) is 12.4 Å². The third kappa shape index (κ3) is 5.82. The van der Waals surface area contributed by atoms with Gasteiger partial charge in [-0.15, -0.1) is 0 Å². The van der Waals surface area contributed by atoms with Crippen LogP contribution in [0.4, 0.5) is 36.4 Å². The minimum atomic E-state index is -5.08. The predicted molar refractivity (Wildman–Crippen MR) is 124 cm³/mol. The molecule has 6 nitrogen and oxygen atoms in total. The zero-order valence-corrected chi connectivity index (χ0v) is 18.8. The number of benzene rings is 3. The zero-order valence-electron chi connectivity index (χ0n) is 18.8. The predicted octanol–water partition coefficient (Wildman–Crippen LogP) is 6.86. The summed E-state index contributed by atoms with van der Waals surface area (Å²) in [6, 6.07) is 11.7. The van der Waals surface area contributed by atoms with E-state index in [4.69, 9.17) is 5.11 Å². The molecule has 4 aromatic rings. The lowest BCUT2D eigenvalue weighted by Gasteiger charge is -2.13. The van der Waals surface area contributed by atoms with E-state index >= 15 is 0 Å². The summed E-state index contributed by atoms with van der Waals surface area (Å²) >= 11 is 0. The van der Waals surface area contributed by atoms with Crippen LogP contribution in [0.5, 0.6) is 0 Å². The molecular weight excluding hydrogens is 521 g/mol. The maximum Gasteiger partial charge on any atom is 0.416 e. The van der Waals surface area contributed by atoms with E-state index in [0.29, 0.717) is 12.1 Å². The first-order chi connectivity index (χ1) is 17.8. The quantitative estimate of drug-likeness (QED) is 0.160. The average molecular weight is 536 g/mol. The molecule has 3 aromatic carbocycles. The molecule has 0 aliphatic heterocycles. The van der Waals surface area contributed by atoms with Crippen molar-refractivity contribution in [3.05, 3.63) is 101 Å². The van der Waals surface area contributed by atoms with Gasteiger partial charge in [0.2, 0.25) is 0 Å². The lowest BCUT2D eigenvalue weighted by atomic mass is 10.0. The molecule has 0 atom stereocenters. The number of anilines is 1. The number of hydrazone groups is 1.